The van der Waals surface area contributed by atoms with Gasteiger partial charge >= 0.3 is 0 Å². The van der Waals surface area contributed by atoms with E-state index in [-0.39, 0.29) is 17.1 Å². The monoisotopic (exact) mass is 252 g/mol. The largest absolute Gasteiger partial charge is 0.498 e. The van der Waals surface area contributed by atoms with E-state index < -0.39 is 0 Å². The van der Waals surface area contributed by atoms with Crippen LogP contribution in [0, 0.1) is 0 Å². The first-order valence-electron chi connectivity index (χ1n) is 4.99. The third-order valence-electron chi connectivity index (χ3n) is 2.68. The number of nitrogens with zero attached hydrogens (tertiary/aromatic N) is 2. The minimum absolute atomic E-state index is 0.173. The number of hydrogen-bond acceptors (Lipinski definition) is 4. The Labute approximate surface area is 104 Å². The van der Waals surface area contributed by atoms with Gasteiger partial charge < -0.3 is 9.47 Å². The number of likely N-dealkylation sites (N-methyl/N-ethyl adjacent to an activating group) is 1. The van der Waals surface area contributed by atoms with Crippen molar-refractivity contribution in [2.24, 2.45) is 4.99 Å². The molecule has 1 amide bonds. The van der Waals surface area contributed by atoms with E-state index in [0.717, 1.165) is 0 Å². The van der Waals surface area contributed by atoms with Crippen molar-refractivity contribution in [3.8, 4) is 0 Å². The molecule has 1 atom stereocenters. The standard InChI is InChI=1S/C11H12N2O3S/c1-13-10(14)6-4-8(15-2)9(16-3)5-7(6)12-11(13)17/h4-5,8H,1-3H3. The normalized spacial score (nSPS) is 23.8. The first kappa shape index (κ1) is 11.9. The second-order valence-corrected chi connectivity index (χ2v) is 4.00. The van der Waals surface area contributed by atoms with Gasteiger partial charge in [0.25, 0.3) is 5.91 Å². The van der Waals surface area contributed by atoms with E-state index in [4.69, 9.17) is 21.7 Å². The van der Waals surface area contributed by atoms with Crippen molar-refractivity contribution in [1.29, 1.82) is 0 Å². The van der Waals surface area contributed by atoms with E-state index in [1.54, 1.807) is 33.4 Å². The van der Waals surface area contributed by atoms with Crippen LogP contribution in [0.25, 0.3) is 0 Å². The summed E-state index contributed by atoms with van der Waals surface area (Å²) in [6, 6.07) is 0. The Morgan fingerprint density at radius 1 is 1.47 bits per heavy atom. The Morgan fingerprint density at radius 2 is 2.18 bits per heavy atom. The highest BCUT2D eigenvalue weighted by atomic mass is 32.1. The predicted octanol–water partition coefficient (Wildman–Crippen LogP) is 0.670. The van der Waals surface area contributed by atoms with Crippen molar-refractivity contribution in [1.82, 2.24) is 4.90 Å². The number of rotatable bonds is 2. The molecule has 0 spiro atoms. The molecule has 0 aromatic carbocycles. The second-order valence-electron chi connectivity index (χ2n) is 3.63. The molecule has 1 unspecified atom stereocenters. The highest BCUT2D eigenvalue weighted by molar-refractivity contribution is 7.80. The molecule has 0 radical (unpaired) electrons. The number of hydrogen-bond donors (Lipinski definition) is 0. The van der Waals surface area contributed by atoms with Gasteiger partial charge in [0.1, 0.15) is 11.9 Å². The molecule has 5 nitrogen and oxygen atoms in total. The minimum Gasteiger partial charge on any atom is -0.498 e. The van der Waals surface area contributed by atoms with Crippen molar-refractivity contribution >= 4 is 28.9 Å². The summed E-state index contributed by atoms with van der Waals surface area (Å²) in [4.78, 5) is 17.5. The van der Waals surface area contributed by atoms with Crippen LogP contribution in [0.15, 0.2) is 28.5 Å². The third kappa shape index (κ3) is 1.89. The van der Waals surface area contributed by atoms with Crippen molar-refractivity contribution < 1.29 is 14.3 Å². The van der Waals surface area contributed by atoms with Gasteiger partial charge in [-0.3, -0.25) is 9.69 Å². The Bertz CT molecular complexity index is 479. The number of carbonyl (C=O) groups is 1. The van der Waals surface area contributed by atoms with E-state index in [1.165, 1.54) is 4.90 Å². The average Bonchev–Trinajstić information content (AvgIpc) is 2.34. The van der Waals surface area contributed by atoms with Crippen LogP contribution in [-0.2, 0) is 14.3 Å². The quantitative estimate of drug-likeness (QED) is 0.678. The molecule has 17 heavy (non-hydrogen) atoms. The average molecular weight is 252 g/mol. The number of carbonyl (C=O) groups excluding carboxylic acids is 1. The Hall–Kier alpha value is -1.53. The molecule has 6 heteroatoms. The predicted molar refractivity (Wildman–Crippen MR) is 66.8 cm³/mol. The van der Waals surface area contributed by atoms with Crippen LogP contribution < -0.4 is 0 Å². The summed E-state index contributed by atoms with van der Waals surface area (Å²) < 4.78 is 10.4. The van der Waals surface area contributed by atoms with Gasteiger partial charge in [-0.1, -0.05) is 0 Å². The molecule has 2 aliphatic rings. The molecule has 0 aromatic heterocycles. The van der Waals surface area contributed by atoms with Crippen LogP contribution in [0.1, 0.15) is 0 Å². The zero-order chi connectivity index (χ0) is 12.6. The molecule has 0 saturated heterocycles. The van der Waals surface area contributed by atoms with E-state index in [2.05, 4.69) is 4.99 Å². The summed E-state index contributed by atoms with van der Waals surface area (Å²) >= 11 is 5.00. The number of amides is 1. The maximum absolute atomic E-state index is 12.0. The Morgan fingerprint density at radius 3 is 2.76 bits per heavy atom. The van der Waals surface area contributed by atoms with E-state index in [0.29, 0.717) is 17.0 Å². The lowest BCUT2D eigenvalue weighted by Gasteiger charge is -2.27. The number of aliphatic imine (C=N–C) groups is 1. The molecule has 0 saturated carbocycles. The number of thiocarbonyl (C=S) groups is 1. The molecule has 0 N–H and O–H groups in total. The first-order valence-corrected chi connectivity index (χ1v) is 5.40. The van der Waals surface area contributed by atoms with Crippen molar-refractivity contribution in [3.05, 3.63) is 23.5 Å². The highest BCUT2D eigenvalue weighted by Gasteiger charge is 2.32. The van der Waals surface area contributed by atoms with Crippen molar-refractivity contribution in [3.63, 3.8) is 0 Å². The Balaban J connectivity index is 2.48. The zero-order valence-electron chi connectivity index (χ0n) is 9.76. The number of methoxy groups -OCH3 is 2. The lowest BCUT2D eigenvalue weighted by Crippen LogP contribution is -2.40. The van der Waals surface area contributed by atoms with E-state index in [9.17, 15) is 4.79 Å². The summed E-state index contributed by atoms with van der Waals surface area (Å²) in [6.45, 7) is 0. The maximum atomic E-state index is 12.0. The fraction of sp³-hybridized carbons (Fsp3) is 0.364. The SMILES string of the molecule is COC1=CC2=NC(=S)N(C)C(=O)C2=CC1OC. The second kappa shape index (κ2) is 4.38. The molecule has 1 aliphatic heterocycles. The van der Waals surface area contributed by atoms with Gasteiger partial charge in [-0.2, -0.15) is 0 Å². The lowest BCUT2D eigenvalue weighted by atomic mass is 9.98. The number of allylic oxidation sites excluding steroid dienone is 1. The molecule has 0 fully saturated rings. The van der Waals surface area contributed by atoms with Crippen molar-refractivity contribution in [2.75, 3.05) is 21.3 Å². The topological polar surface area (TPSA) is 51.1 Å². The number of fused-ring (bicyclic) bond motifs is 1. The maximum Gasteiger partial charge on any atom is 0.261 e. The molecular formula is C11H12N2O3S. The van der Waals surface area contributed by atoms with Crippen molar-refractivity contribution in [2.45, 2.75) is 6.10 Å². The summed E-state index contributed by atoms with van der Waals surface area (Å²) in [6.07, 6.45) is 3.01. The smallest absolute Gasteiger partial charge is 0.261 e. The van der Waals surface area contributed by atoms with Crippen LogP contribution >= 0.6 is 12.2 Å². The molecule has 2 rings (SSSR count). The van der Waals surface area contributed by atoms with Gasteiger partial charge in [0, 0.05) is 20.2 Å². The van der Waals surface area contributed by atoms with Crippen LogP contribution in [0.2, 0.25) is 0 Å². The molecule has 1 heterocycles. The highest BCUT2D eigenvalue weighted by Crippen LogP contribution is 2.23. The zero-order valence-corrected chi connectivity index (χ0v) is 10.6. The van der Waals surface area contributed by atoms with Crippen LogP contribution in [0.4, 0.5) is 0 Å². The van der Waals surface area contributed by atoms with Gasteiger partial charge in [0.15, 0.2) is 0 Å². The molecule has 0 aromatic rings. The molecular weight excluding hydrogens is 240 g/mol. The first-order chi connectivity index (χ1) is 8.08. The van der Waals surface area contributed by atoms with Gasteiger partial charge in [-0.05, 0) is 18.3 Å². The molecule has 90 valence electrons. The van der Waals surface area contributed by atoms with Crippen LogP contribution in [0.3, 0.4) is 0 Å². The summed E-state index contributed by atoms with van der Waals surface area (Å²) in [5.41, 5.74) is 1.03. The third-order valence-corrected chi connectivity index (χ3v) is 3.05. The van der Waals surface area contributed by atoms with Gasteiger partial charge in [-0.25, -0.2) is 4.99 Å². The summed E-state index contributed by atoms with van der Waals surface area (Å²) in [7, 11) is 4.70. The summed E-state index contributed by atoms with van der Waals surface area (Å²) in [5.74, 6) is 0.434. The number of ether oxygens (including phenoxy) is 2. The van der Waals surface area contributed by atoms with Gasteiger partial charge in [0.05, 0.1) is 18.4 Å². The molecule has 0 bridgehead atoms. The minimum atomic E-state index is -0.363. The van der Waals surface area contributed by atoms with E-state index in [1.807, 2.05) is 0 Å². The fourth-order valence-electron chi connectivity index (χ4n) is 1.69. The van der Waals surface area contributed by atoms with E-state index >= 15 is 0 Å². The Kier molecular flexibility index (Phi) is 3.08. The fourth-order valence-corrected chi connectivity index (χ4v) is 1.87. The lowest BCUT2D eigenvalue weighted by molar-refractivity contribution is -0.122. The van der Waals surface area contributed by atoms with Gasteiger partial charge in [0.2, 0.25) is 5.11 Å². The van der Waals surface area contributed by atoms with Crippen LogP contribution in [0.5, 0.6) is 0 Å². The van der Waals surface area contributed by atoms with Crippen LogP contribution in [-0.4, -0.2) is 49.0 Å². The van der Waals surface area contributed by atoms with Gasteiger partial charge in [-0.15, -0.1) is 0 Å². The molecule has 1 aliphatic carbocycles. The summed E-state index contributed by atoms with van der Waals surface area (Å²) in [5, 5.41) is 0.254.